The third kappa shape index (κ3) is 8.41. The Labute approximate surface area is 159 Å². The SMILES string of the molecule is CCCCCCCCC1CCN(C(=O)OC(C)(C)C)CC1C(=O)OCC. The van der Waals surface area contributed by atoms with Crippen LogP contribution >= 0.6 is 0 Å². The monoisotopic (exact) mass is 369 g/mol. The summed E-state index contributed by atoms with van der Waals surface area (Å²) >= 11 is 0. The highest BCUT2D eigenvalue weighted by molar-refractivity contribution is 5.75. The van der Waals surface area contributed by atoms with Crippen LogP contribution in [0.2, 0.25) is 0 Å². The molecule has 0 aromatic heterocycles. The maximum Gasteiger partial charge on any atom is 0.410 e. The second-order valence-corrected chi connectivity index (χ2v) is 8.39. The van der Waals surface area contributed by atoms with Gasteiger partial charge in [0.25, 0.3) is 0 Å². The quantitative estimate of drug-likeness (QED) is 0.415. The van der Waals surface area contributed by atoms with Crippen molar-refractivity contribution in [3.63, 3.8) is 0 Å². The van der Waals surface area contributed by atoms with Crippen molar-refractivity contribution in [2.45, 2.75) is 91.6 Å². The van der Waals surface area contributed by atoms with Gasteiger partial charge in [-0.05, 0) is 46.5 Å². The van der Waals surface area contributed by atoms with E-state index in [2.05, 4.69) is 6.92 Å². The number of carbonyl (C=O) groups excluding carboxylic acids is 2. The predicted octanol–water partition coefficient (Wildman–Crippen LogP) is 5.17. The number of unbranched alkanes of at least 4 members (excludes halogenated alkanes) is 5. The zero-order valence-corrected chi connectivity index (χ0v) is 17.5. The zero-order valence-electron chi connectivity index (χ0n) is 17.5. The van der Waals surface area contributed by atoms with E-state index in [1.165, 1.54) is 32.1 Å². The van der Waals surface area contributed by atoms with Crippen molar-refractivity contribution < 1.29 is 19.1 Å². The van der Waals surface area contributed by atoms with Gasteiger partial charge < -0.3 is 14.4 Å². The highest BCUT2D eigenvalue weighted by Gasteiger charge is 2.37. The van der Waals surface area contributed by atoms with E-state index in [0.717, 1.165) is 19.3 Å². The predicted molar refractivity (Wildman–Crippen MR) is 104 cm³/mol. The van der Waals surface area contributed by atoms with Crippen molar-refractivity contribution in [1.82, 2.24) is 4.90 Å². The van der Waals surface area contributed by atoms with Crippen LogP contribution in [0.5, 0.6) is 0 Å². The van der Waals surface area contributed by atoms with E-state index >= 15 is 0 Å². The summed E-state index contributed by atoms with van der Waals surface area (Å²) in [7, 11) is 0. The fourth-order valence-electron chi connectivity index (χ4n) is 3.54. The number of esters is 1. The largest absolute Gasteiger partial charge is 0.466 e. The molecule has 2 unspecified atom stereocenters. The molecule has 152 valence electrons. The first-order valence-corrected chi connectivity index (χ1v) is 10.4. The van der Waals surface area contributed by atoms with Gasteiger partial charge in [-0.3, -0.25) is 4.79 Å². The van der Waals surface area contributed by atoms with Gasteiger partial charge in [0.1, 0.15) is 5.60 Å². The summed E-state index contributed by atoms with van der Waals surface area (Å²) in [4.78, 5) is 26.5. The fraction of sp³-hybridized carbons (Fsp3) is 0.905. The first kappa shape index (κ1) is 22.8. The lowest BCUT2D eigenvalue weighted by molar-refractivity contribution is -0.152. The minimum atomic E-state index is -0.522. The summed E-state index contributed by atoms with van der Waals surface area (Å²) in [5.41, 5.74) is -0.522. The molecule has 26 heavy (non-hydrogen) atoms. The molecule has 0 bridgehead atoms. The average Bonchev–Trinajstić information content (AvgIpc) is 2.56. The maximum absolute atomic E-state index is 12.4. The molecule has 1 saturated heterocycles. The molecule has 1 aliphatic heterocycles. The first-order valence-electron chi connectivity index (χ1n) is 10.4. The van der Waals surface area contributed by atoms with E-state index in [9.17, 15) is 9.59 Å². The molecular weight excluding hydrogens is 330 g/mol. The van der Waals surface area contributed by atoms with Gasteiger partial charge in [0, 0.05) is 13.1 Å². The number of carbonyl (C=O) groups is 2. The van der Waals surface area contributed by atoms with Crippen molar-refractivity contribution >= 4 is 12.1 Å². The van der Waals surface area contributed by atoms with Gasteiger partial charge in [-0.15, -0.1) is 0 Å². The Morgan fingerprint density at radius 2 is 1.69 bits per heavy atom. The third-order valence-corrected chi connectivity index (χ3v) is 4.93. The molecule has 0 aromatic rings. The van der Waals surface area contributed by atoms with E-state index in [-0.39, 0.29) is 18.0 Å². The first-order chi connectivity index (χ1) is 12.3. The van der Waals surface area contributed by atoms with Crippen molar-refractivity contribution in [3.8, 4) is 0 Å². The van der Waals surface area contributed by atoms with Gasteiger partial charge >= 0.3 is 12.1 Å². The van der Waals surface area contributed by atoms with Gasteiger partial charge in [-0.2, -0.15) is 0 Å². The summed E-state index contributed by atoms with van der Waals surface area (Å²) < 4.78 is 10.8. The van der Waals surface area contributed by atoms with Crippen LogP contribution < -0.4 is 0 Å². The second kappa shape index (κ2) is 11.5. The van der Waals surface area contributed by atoms with Gasteiger partial charge in [0.2, 0.25) is 0 Å². The van der Waals surface area contributed by atoms with E-state index in [0.29, 0.717) is 25.6 Å². The van der Waals surface area contributed by atoms with Gasteiger partial charge in [-0.1, -0.05) is 45.4 Å². The summed E-state index contributed by atoms with van der Waals surface area (Å²) in [5.74, 6) is -0.0949. The van der Waals surface area contributed by atoms with Crippen LogP contribution in [0.4, 0.5) is 4.79 Å². The Bertz CT molecular complexity index is 430. The van der Waals surface area contributed by atoms with Crippen LogP contribution in [0.15, 0.2) is 0 Å². The van der Waals surface area contributed by atoms with Crippen LogP contribution in [-0.4, -0.2) is 42.3 Å². The van der Waals surface area contributed by atoms with E-state index < -0.39 is 5.60 Å². The van der Waals surface area contributed by atoms with Crippen molar-refractivity contribution in [3.05, 3.63) is 0 Å². The summed E-state index contributed by atoms with van der Waals surface area (Å²) in [5, 5.41) is 0. The number of piperidine rings is 1. The van der Waals surface area contributed by atoms with Gasteiger partial charge in [0.15, 0.2) is 0 Å². The molecule has 2 atom stereocenters. The van der Waals surface area contributed by atoms with Crippen LogP contribution in [0.1, 0.15) is 86.0 Å². The molecule has 1 fully saturated rings. The van der Waals surface area contributed by atoms with E-state index in [1.54, 1.807) is 4.90 Å². The molecule has 0 saturated carbocycles. The lowest BCUT2D eigenvalue weighted by Gasteiger charge is -2.38. The maximum atomic E-state index is 12.4. The molecule has 0 aliphatic carbocycles. The number of amides is 1. The van der Waals surface area contributed by atoms with Gasteiger partial charge in [-0.25, -0.2) is 4.79 Å². The van der Waals surface area contributed by atoms with Gasteiger partial charge in [0.05, 0.1) is 12.5 Å². The van der Waals surface area contributed by atoms with E-state index in [4.69, 9.17) is 9.47 Å². The lowest BCUT2D eigenvalue weighted by Crippen LogP contribution is -2.48. The highest BCUT2D eigenvalue weighted by atomic mass is 16.6. The molecule has 1 rings (SSSR count). The molecule has 0 aromatic carbocycles. The average molecular weight is 370 g/mol. The fourth-order valence-corrected chi connectivity index (χ4v) is 3.54. The summed E-state index contributed by atoms with van der Waals surface area (Å²) in [6.45, 7) is 11.1. The van der Waals surface area contributed by atoms with Crippen LogP contribution in [-0.2, 0) is 14.3 Å². The van der Waals surface area contributed by atoms with Crippen molar-refractivity contribution in [2.75, 3.05) is 19.7 Å². The molecular formula is C21H39NO4. The third-order valence-electron chi connectivity index (χ3n) is 4.93. The number of ether oxygens (including phenoxy) is 2. The van der Waals surface area contributed by atoms with Crippen LogP contribution in [0, 0.1) is 11.8 Å². The molecule has 1 heterocycles. The van der Waals surface area contributed by atoms with E-state index in [1.807, 2.05) is 27.7 Å². The number of hydrogen-bond acceptors (Lipinski definition) is 4. The Morgan fingerprint density at radius 1 is 1.04 bits per heavy atom. The molecule has 0 spiro atoms. The van der Waals surface area contributed by atoms with Crippen LogP contribution in [0.3, 0.4) is 0 Å². The lowest BCUT2D eigenvalue weighted by atomic mass is 9.82. The molecule has 5 nitrogen and oxygen atoms in total. The minimum Gasteiger partial charge on any atom is -0.466 e. The minimum absolute atomic E-state index is 0.170. The standard InChI is InChI=1S/C21H39NO4/c1-6-8-9-10-11-12-13-17-14-15-22(20(24)26-21(3,4)5)16-18(17)19(23)25-7-2/h17-18H,6-16H2,1-5H3. The summed E-state index contributed by atoms with van der Waals surface area (Å²) in [6.07, 6.45) is 9.07. The highest BCUT2D eigenvalue weighted by Crippen LogP contribution is 2.30. The Kier molecular flexibility index (Phi) is 10.0. The number of hydrogen-bond donors (Lipinski definition) is 0. The molecule has 1 aliphatic rings. The summed E-state index contributed by atoms with van der Waals surface area (Å²) in [6, 6.07) is 0. The molecule has 0 N–H and O–H groups in total. The Hall–Kier alpha value is -1.26. The molecule has 1 amide bonds. The number of likely N-dealkylation sites (tertiary alicyclic amines) is 1. The van der Waals surface area contributed by atoms with Crippen molar-refractivity contribution in [2.24, 2.45) is 11.8 Å². The molecule has 0 radical (unpaired) electrons. The number of rotatable bonds is 9. The normalized spacial score (nSPS) is 20.7. The topological polar surface area (TPSA) is 55.8 Å². The zero-order chi connectivity index (χ0) is 19.6. The Balaban J connectivity index is 2.57. The second-order valence-electron chi connectivity index (χ2n) is 8.39. The van der Waals surface area contributed by atoms with Crippen molar-refractivity contribution in [1.29, 1.82) is 0 Å². The molecule has 5 heteroatoms. The number of nitrogens with zero attached hydrogens (tertiary/aromatic N) is 1. The smallest absolute Gasteiger partial charge is 0.410 e. The Morgan fingerprint density at radius 3 is 2.31 bits per heavy atom. The van der Waals surface area contributed by atoms with Crippen LogP contribution in [0.25, 0.3) is 0 Å².